The Bertz CT molecular complexity index is 657. The Hall–Kier alpha value is -1.36. The maximum atomic E-state index is 12.8. The lowest BCUT2D eigenvalue weighted by Crippen LogP contribution is -2.39. The Morgan fingerprint density at radius 1 is 1.35 bits per heavy atom. The van der Waals surface area contributed by atoms with Gasteiger partial charge in [-0.3, -0.25) is 9.59 Å². The Morgan fingerprint density at radius 2 is 2.09 bits per heavy atom. The van der Waals surface area contributed by atoms with E-state index in [-0.39, 0.29) is 17.2 Å². The second-order valence-corrected chi connectivity index (χ2v) is 8.79. The van der Waals surface area contributed by atoms with Gasteiger partial charge in [-0.2, -0.15) is 0 Å². The number of carboxylic acids is 1. The number of hydrogen-bond donors (Lipinski definition) is 1. The summed E-state index contributed by atoms with van der Waals surface area (Å²) < 4.78 is 0. The summed E-state index contributed by atoms with van der Waals surface area (Å²) in [5, 5.41) is 9.16. The molecule has 2 heterocycles. The van der Waals surface area contributed by atoms with Crippen LogP contribution in [0, 0.1) is 17.3 Å². The molecule has 2 aliphatic carbocycles. The number of aliphatic carboxylic acids is 1. The zero-order valence-corrected chi connectivity index (χ0v) is 14.3. The van der Waals surface area contributed by atoms with Gasteiger partial charge in [0.1, 0.15) is 0 Å². The van der Waals surface area contributed by atoms with Crippen LogP contribution >= 0.6 is 11.3 Å². The van der Waals surface area contributed by atoms with E-state index < -0.39 is 5.97 Å². The fraction of sp³-hybridized carbons (Fsp3) is 0.667. The van der Waals surface area contributed by atoms with Crippen molar-refractivity contribution in [3.05, 3.63) is 21.4 Å². The predicted molar refractivity (Wildman–Crippen MR) is 88.8 cm³/mol. The van der Waals surface area contributed by atoms with Crippen LogP contribution in [-0.2, 0) is 17.6 Å². The number of thiophene rings is 1. The molecule has 3 aliphatic rings. The number of piperidine rings is 1. The molecule has 5 heteroatoms. The smallest absolute Gasteiger partial charge is 0.307 e. The van der Waals surface area contributed by atoms with Crippen molar-refractivity contribution in [1.82, 2.24) is 4.90 Å². The van der Waals surface area contributed by atoms with E-state index in [1.807, 2.05) is 4.90 Å². The fourth-order valence-electron chi connectivity index (χ4n) is 4.37. The molecule has 1 aromatic heterocycles. The van der Waals surface area contributed by atoms with E-state index in [1.54, 1.807) is 11.3 Å². The van der Waals surface area contributed by atoms with Gasteiger partial charge in [0.25, 0.3) is 5.91 Å². The van der Waals surface area contributed by atoms with Gasteiger partial charge in [0.2, 0.25) is 0 Å². The summed E-state index contributed by atoms with van der Waals surface area (Å²) in [4.78, 5) is 28.1. The van der Waals surface area contributed by atoms with Crippen LogP contribution in [-0.4, -0.2) is 35.0 Å². The molecule has 4 rings (SSSR count). The first-order chi connectivity index (χ1) is 11.0. The van der Waals surface area contributed by atoms with Crippen molar-refractivity contribution in [1.29, 1.82) is 0 Å². The van der Waals surface area contributed by atoms with Crippen molar-refractivity contribution in [2.24, 2.45) is 17.3 Å². The highest BCUT2D eigenvalue weighted by Gasteiger charge is 2.59. The number of nitrogens with zero attached hydrogens (tertiary/aromatic N) is 1. The molecule has 4 nitrogen and oxygen atoms in total. The van der Waals surface area contributed by atoms with Crippen molar-refractivity contribution in [3.63, 3.8) is 0 Å². The summed E-state index contributed by atoms with van der Waals surface area (Å²) >= 11 is 1.67. The van der Waals surface area contributed by atoms with Gasteiger partial charge in [0, 0.05) is 18.0 Å². The molecule has 23 heavy (non-hydrogen) atoms. The van der Waals surface area contributed by atoms with Crippen molar-refractivity contribution in [2.75, 3.05) is 13.1 Å². The number of fused-ring (bicyclic) bond motifs is 1. The highest BCUT2D eigenvalue weighted by molar-refractivity contribution is 7.14. The minimum atomic E-state index is -0.662. The molecule has 0 radical (unpaired) electrons. The first-order valence-corrected chi connectivity index (χ1v) is 9.44. The first-order valence-electron chi connectivity index (χ1n) is 8.62. The van der Waals surface area contributed by atoms with Crippen molar-refractivity contribution < 1.29 is 14.7 Å². The summed E-state index contributed by atoms with van der Waals surface area (Å²) in [5.41, 5.74) is 1.37. The number of rotatable bonds is 2. The van der Waals surface area contributed by atoms with Crippen molar-refractivity contribution in [2.45, 2.75) is 45.4 Å². The summed E-state index contributed by atoms with van der Waals surface area (Å²) in [6.45, 7) is 3.70. The number of likely N-dealkylation sites (tertiary alicyclic amines) is 1. The molecule has 0 bridgehead atoms. The van der Waals surface area contributed by atoms with E-state index >= 15 is 0 Å². The number of amides is 1. The lowest BCUT2D eigenvalue weighted by Gasteiger charge is -2.32. The third kappa shape index (κ3) is 2.59. The van der Waals surface area contributed by atoms with Gasteiger partial charge in [-0.25, -0.2) is 0 Å². The molecule has 1 aliphatic heterocycles. The van der Waals surface area contributed by atoms with Crippen LogP contribution in [0.25, 0.3) is 0 Å². The van der Waals surface area contributed by atoms with Crippen LogP contribution in [0.2, 0.25) is 0 Å². The SMILES string of the molecule is CC1CCc2sc(C(=O)N3CCC4(CC3)CC4C(=O)O)cc2C1. The summed E-state index contributed by atoms with van der Waals surface area (Å²) in [6.07, 6.45) is 5.93. The van der Waals surface area contributed by atoms with E-state index in [0.717, 1.165) is 42.9 Å². The number of carboxylic acid groups (broad SMARTS) is 1. The molecule has 1 aromatic rings. The van der Waals surface area contributed by atoms with Crippen LogP contribution in [0.4, 0.5) is 0 Å². The average molecular weight is 333 g/mol. The normalized spacial score (nSPS) is 28.5. The summed E-state index contributed by atoms with van der Waals surface area (Å²) in [7, 11) is 0. The van der Waals surface area contributed by atoms with Crippen LogP contribution in [0.1, 0.15) is 52.7 Å². The van der Waals surface area contributed by atoms with Crippen LogP contribution < -0.4 is 0 Å². The minimum absolute atomic E-state index is 0.00721. The molecule has 2 fully saturated rings. The minimum Gasteiger partial charge on any atom is -0.481 e. The fourth-order valence-corrected chi connectivity index (χ4v) is 5.55. The van der Waals surface area contributed by atoms with Gasteiger partial charge in [-0.15, -0.1) is 11.3 Å². The van der Waals surface area contributed by atoms with Gasteiger partial charge in [-0.05, 0) is 61.5 Å². The van der Waals surface area contributed by atoms with E-state index in [4.69, 9.17) is 5.11 Å². The second-order valence-electron chi connectivity index (χ2n) is 7.66. The van der Waals surface area contributed by atoms with Gasteiger partial charge < -0.3 is 10.0 Å². The quantitative estimate of drug-likeness (QED) is 0.904. The first kappa shape index (κ1) is 15.2. The maximum absolute atomic E-state index is 12.8. The van der Waals surface area contributed by atoms with Gasteiger partial charge in [0.05, 0.1) is 10.8 Å². The van der Waals surface area contributed by atoms with Gasteiger partial charge in [0.15, 0.2) is 0 Å². The van der Waals surface area contributed by atoms with Crippen molar-refractivity contribution in [3.8, 4) is 0 Å². The molecule has 1 spiro atoms. The molecular weight excluding hydrogens is 310 g/mol. The maximum Gasteiger partial charge on any atom is 0.307 e. The van der Waals surface area contributed by atoms with Crippen molar-refractivity contribution >= 4 is 23.2 Å². The van der Waals surface area contributed by atoms with E-state index in [2.05, 4.69) is 13.0 Å². The predicted octanol–water partition coefficient (Wildman–Crippen LogP) is 3.20. The third-order valence-electron chi connectivity index (χ3n) is 6.07. The number of hydrogen-bond acceptors (Lipinski definition) is 3. The third-order valence-corrected chi connectivity index (χ3v) is 7.30. The Balaban J connectivity index is 1.42. The van der Waals surface area contributed by atoms with Crippen LogP contribution in [0.3, 0.4) is 0 Å². The largest absolute Gasteiger partial charge is 0.481 e. The highest BCUT2D eigenvalue weighted by Crippen LogP contribution is 2.59. The van der Waals surface area contributed by atoms with Crippen LogP contribution in [0.15, 0.2) is 6.07 Å². The molecule has 1 N–H and O–H groups in total. The van der Waals surface area contributed by atoms with Crippen LogP contribution in [0.5, 0.6) is 0 Å². The van der Waals surface area contributed by atoms with E-state index in [9.17, 15) is 9.59 Å². The standard InChI is InChI=1S/C18H23NO3S/c1-11-2-3-14-12(8-11)9-15(23-14)16(20)19-6-4-18(5-7-19)10-13(18)17(21)22/h9,11,13H,2-8,10H2,1H3,(H,21,22). The molecule has 124 valence electrons. The lowest BCUT2D eigenvalue weighted by molar-refractivity contribution is -0.139. The highest BCUT2D eigenvalue weighted by atomic mass is 32.1. The molecule has 1 amide bonds. The lowest BCUT2D eigenvalue weighted by atomic mass is 9.89. The average Bonchev–Trinajstić information content (AvgIpc) is 3.06. The number of aryl methyl sites for hydroxylation is 1. The Kier molecular flexibility index (Phi) is 3.52. The number of carbonyl (C=O) groups excluding carboxylic acids is 1. The molecule has 2 unspecified atom stereocenters. The Morgan fingerprint density at radius 3 is 2.74 bits per heavy atom. The summed E-state index contributed by atoms with van der Waals surface area (Å²) in [6, 6.07) is 2.11. The summed E-state index contributed by atoms with van der Waals surface area (Å²) in [5.74, 6) is 0.0391. The monoisotopic (exact) mass is 333 g/mol. The Labute approximate surface area is 140 Å². The number of carbonyl (C=O) groups is 2. The van der Waals surface area contributed by atoms with Gasteiger partial charge in [-0.1, -0.05) is 6.92 Å². The zero-order valence-electron chi connectivity index (χ0n) is 13.5. The molecule has 1 saturated carbocycles. The topological polar surface area (TPSA) is 57.6 Å². The second kappa shape index (κ2) is 5.33. The molecule has 0 aromatic carbocycles. The van der Waals surface area contributed by atoms with E-state index in [0.29, 0.717) is 13.1 Å². The zero-order chi connectivity index (χ0) is 16.2. The molecule has 2 atom stereocenters. The van der Waals surface area contributed by atoms with Gasteiger partial charge >= 0.3 is 5.97 Å². The van der Waals surface area contributed by atoms with E-state index in [1.165, 1.54) is 16.9 Å². The molecular formula is C18H23NO3S. The molecule has 1 saturated heterocycles.